The Balaban J connectivity index is 1.48. The van der Waals surface area contributed by atoms with Crippen molar-refractivity contribution in [2.24, 2.45) is 0 Å². The first kappa shape index (κ1) is 22.3. The molecule has 3 aromatic carbocycles. The smallest absolute Gasteiger partial charge is 0.258 e. The second kappa shape index (κ2) is 8.80. The largest absolute Gasteiger partial charge is 0.454 e. The fourth-order valence-corrected chi connectivity index (χ4v) is 5.15. The van der Waals surface area contributed by atoms with Gasteiger partial charge < -0.3 is 19.3 Å². The number of nitrogens with zero attached hydrogens (tertiary/aromatic N) is 3. The third kappa shape index (κ3) is 3.89. The van der Waals surface area contributed by atoms with Crippen LogP contribution in [0.25, 0.3) is 17.0 Å². The van der Waals surface area contributed by atoms with Gasteiger partial charge in [-0.25, -0.2) is 0 Å². The zero-order chi connectivity index (χ0) is 24.8. The van der Waals surface area contributed by atoms with Gasteiger partial charge in [0.05, 0.1) is 11.6 Å². The van der Waals surface area contributed by atoms with Gasteiger partial charge in [-0.1, -0.05) is 41.6 Å². The van der Waals surface area contributed by atoms with Crippen LogP contribution in [0.5, 0.6) is 11.5 Å². The highest BCUT2D eigenvalue weighted by Gasteiger charge is 2.35. The van der Waals surface area contributed by atoms with E-state index in [4.69, 9.17) is 31.2 Å². The highest BCUT2D eigenvalue weighted by atomic mass is 32.1. The number of aromatic nitrogens is 2. The Kier molecular flexibility index (Phi) is 5.45. The Hall–Kier alpha value is -4.17. The van der Waals surface area contributed by atoms with Gasteiger partial charge in [0.25, 0.3) is 5.89 Å². The minimum atomic E-state index is -0.245. The van der Waals surface area contributed by atoms with E-state index in [1.807, 2.05) is 48.2 Å². The van der Waals surface area contributed by atoms with Crippen molar-refractivity contribution in [3.8, 4) is 22.9 Å². The number of anilines is 1. The number of hydrogen-bond donors (Lipinski definition) is 1. The second-order valence-corrected chi connectivity index (χ2v) is 9.35. The molecular weight excluding hydrogens is 472 g/mol. The molecule has 180 valence electrons. The summed E-state index contributed by atoms with van der Waals surface area (Å²) in [5.41, 5.74) is 6.95. The van der Waals surface area contributed by atoms with E-state index in [0.29, 0.717) is 28.3 Å². The lowest BCUT2D eigenvalue weighted by Gasteiger charge is -2.37. The summed E-state index contributed by atoms with van der Waals surface area (Å²) in [5.74, 6) is 2.28. The number of aryl methyl sites for hydroxylation is 2. The number of allylic oxidation sites excluding steroid dienone is 1. The molecule has 1 atom stereocenters. The van der Waals surface area contributed by atoms with Crippen LogP contribution in [0.2, 0.25) is 0 Å². The van der Waals surface area contributed by atoms with E-state index in [1.165, 1.54) is 0 Å². The molecule has 0 fully saturated rings. The molecule has 8 heteroatoms. The molecule has 2 aliphatic rings. The van der Waals surface area contributed by atoms with E-state index in [9.17, 15) is 0 Å². The number of thiocarbonyl (C=S) groups is 1. The molecule has 1 unspecified atom stereocenters. The maximum Gasteiger partial charge on any atom is 0.258 e. The van der Waals surface area contributed by atoms with E-state index >= 15 is 0 Å². The molecule has 0 amide bonds. The lowest BCUT2D eigenvalue weighted by atomic mass is 9.94. The number of rotatable bonds is 4. The van der Waals surface area contributed by atoms with Crippen molar-refractivity contribution < 1.29 is 14.0 Å². The SMILES string of the molecule is CC1=C(c2nc(-c3ccc4c(c3)OCO4)no2)C(c2ccccc2)NC(=S)N1c1cc(C)cc(C)c1. The van der Waals surface area contributed by atoms with Crippen LogP contribution in [0.3, 0.4) is 0 Å². The highest BCUT2D eigenvalue weighted by Crippen LogP contribution is 2.40. The summed E-state index contributed by atoms with van der Waals surface area (Å²) < 4.78 is 16.8. The van der Waals surface area contributed by atoms with Gasteiger partial charge in [0, 0.05) is 16.9 Å². The van der Waals surface area contributed by atoms with Crippen LogP contribution < -0.4 is 19.7 Å². The summed E-state index contributed by atoms with van der Waals surface area (Å²) in [7, 11) is 0. The van der Waals surface area contributed by atoms with Gasteiger partial charge in [-0.05, 0) is 80.0 Å². The van der Waals surface area contributed by atoms with Crippen LogP contribution in [0.1, 0.15) is 35.5 Å². The van der Waals surface area contributed by atoms with Gasteiger partial charge in [0.1, 0.15) is 0 Å². The van der Waals surface area contributed by atoms with Crippen molar-refractivity contribution in [1.29, 1.82) is 0 Å². The van der Waals surface area contributed by atoms with Crippen LogP contribution in [0.4, 0.5) is 5.69 Å². The predicted octanol–water partition coefficient (Wildman–Crippen LogP) is 5.95. The molecule has 0 radical (unpaired) electrons. The van der Waals surface area contributed by atoms with Gasteiger partial charge in [0.15, 0.2) is 16.6 Å². The minimum absolute atomic E-state index is 0.209. The monoisotopic (exact) mass is 496 g/mol. The molecule has 1 aromatic heterocycles. The van der Waals surface area contributed by atoms with Gasteiger partial charge >= 0.3 is 0 Å². The van der Waals surface area contributed by atoms with Gasteiger partial charge in [-0.3, -0.25) is 4.90 Å². The lowest BCUT2D eigenvalue weighted by Crippen LogP contribution is -2.46. The molecule has 0 saturated heterocycles. The minimum Gasteiger partial charge on any atom is -0.454 e. The molecule has 0 saturated carbocycles. The fourth-order valence-electron chi connectivity index (χ4n) is 4.79. The molecule has 6 rings (SSSR count). The Morgan fingerprint density at radius 2 is 1.67 bits per heavy atom. The maximum atomic E-state index is 5.87. The van der Waals surface area contributed by atoms with E-state index in [0.717, 1.165) is 39.2 Å². The van der Waals surface area contributed by atoms with Crippen molar-refractivity contribution in [2.75, 3.05) is 11.7 Å². The Bertz CT molecular complexity index is 1490. The van der Waals surface area contributed by atoms with Crippen molar-refractivity contribution in [3.63, 3.8) is 0 Å². The molecular formula is C28H24N4O3S. The molecule has 4 aromatic rings. The summed E-state index contributed by atoms with van der Waals surface area (Å²) >= 11 is 5.87. The van der Waals surface area contributed by atoms with Crippen molar-refractivity contribution >= 4 is 28.6 Å². The van der Waals surface area contributed by atoms with Crippen LogP contribution in [0.15, 0.2) is 77.0 Å². The van der Waals surface area contributed by atoms with Crippen LogP contribution in [0, 0.1) is 13.8 Å². The fraction of sp³-hybridized carbons (Fsp3) is 0.179. The van der Waals surface area contributed by atoms with E-state index < -0.39 is 0 Å². The van der Waals surface area contributed by atoms with E-state index in [2.05, 4.69) is 54.7 Å². The number of nitrogens with one attached hydrogen (secondary N) is 1. The molecule has 36 heavy (non-hydrogen) atoms. The molecule has 3 heterocycles. The highest BCUT2D eigenvalue weighted by molar-refractivity contribution is 7.80. The summed E-state index contributed by atoms with van der Waals surface area (Å²) in [6.45, 7) is 6.42. The standard InChI is InChI=1S/C28H24N4O3S/c1-16-11-17(2)13-21(12-16)32-18(3)24(25(29-28(32)36)19-7-5-4-6-8-19)27-30-26(31-35-27)20-9-10-22-23(14-20)34-15-33-22/h4-14,25H,15H2,1-3H3,(H,29,36). The molecule has 2 aliphatic heterocycles. The maximum absolute atomic E-state index is 5.87. The number of hydrogen-bond acceptors (Lipinski definition) is 6. The Morgan fingerprint density at radius 1 is 0.917 bits per heavy atom. The molecule has 0 bridgehead atoms. The molecule has 1 N–H and O–H groups in total. The third-order valence-corrected chi connectivity index (χ3v) is 6.67. The molecule has 0 spiro atoms. The summed E-state index contributed by atoms with van der Waals surface area (Å²) in [6.07, 6.45) is 0. The topological polar surface area (TPSA) is 72.6 Å². The van der Waals surface area contributed by atoms with Crippen LogP contribution in [-0.2, 0) is 0 Å². The summed E-state index contributed by atoms with van der Waals surface area (Å²) in [5, 5.41) is 8.43. The first-order valence-corrected chi connectivity index (χ1v) is 12.1. The average Bonchev–Trinajstić information content (AvgIpc) is 3.53. The first-order valence-electron chi connectivity index (χ1n) is 11.7. The predicted molar refractivity (Wildman–Crippen MR) is 142 cm³/mol. The summed E-state index contributed by atoms with van der Waals surface area (Å²) in [4.78, 5) is 6.84. The van der Waals surface area contributed by atoms with Crippen molar-refractivity contribution in [3.05, 3.63) is 95.0 Å². The lowest BCUT2D eigenvalue weighted by molar-refractivity contribution is 0.174. The number of fused-ring (bicyclic) bond motifs is 1. The van der Waals surface area contributed by atoms with E-state index in [-0.39, 0.29) is 12.8 Å². The third-order valence-electron chi connectivity index (χ3n) is 6.37. The molecule has 0 aliphatic carbocycles. The van der Waals surface area contributed by atoms with Gasteiger partial charge in [-0.15, -0.1) is 0 Å². The van der Waals surface area contributed by atoms with Crippen molar-refractivity contribution in [2.45, 2.75) is 26.8 Å². The quantitative estimate of drug-likeness (QED) is 0.348. The number of ether oxygens (including phenoxy) is 2. The van der Waals surface area contributed by atoms with Crippen LogP contribution in [-0.4, -0.2) is 22.0 Å². The first-order chi connectivity index (χ1) is 17.5. The molecule has 7 nitrogen and oxygen atoms in total. The van der Waals surface area contributed by atoms with E-state index in [1.54, 1.807) is 0 Å². The van der Waals surface area contributed by atoms with Crippen molar-refractivity contribution in [1.82, 2.24) is 15.5 Å². The normalized spacial score (nSPS) is 16.9. The second-order valence-electron chi connectivity index (χ2n) is 8.96. The zero-order valence-electron chi connectivity index (χ0n) is 20.1. The Labute approximate surface area is 214 Å². The zero-order valence-corrected chi connectivity index (χ0v) is 20.9. The average molecular weight is 497 g/mol. The summed E-state index contributed by atoms with van der Waals surface area (Å²) in [6, 6.07) is 21.9. The van der Waals surface area contributed by atoms with Gasteiger partial charge in [0.2, 0.25) is 12.6 Å². The van der Waals surface area contributed by atoms with Gasteiger partial charge in [-0.2, -0.15) is 4.98 Å². The van der Waals surface area contributed by atoms with Crippen LogP contribution >= 0.6 is 12.2 Å². The number of benzene rings is 3. The Morgan fingerprint density at radius 3 is 2.44 bits per heavy atom.